The fourth-order valence-electron chi connectivity index (χ4n) is 3.17. The third-order valence-corrected chi connectivity index (χ3v) is 6.83. The first kappa shape index (κ1) is 26.3. The van der Waals surface area contributed by atoms with Crippen LogP contribution in [0.25, 0.3) is 0 Å². The van der Waals surface area contributed by atoms with Gasteiger partial charge in [-0.05, 0) is 61.4 Å². The molecule has 1 aliphatic carbocycles. The van der Waals surface area contributed by atoms with E-state index in [1.54, 1.807) is 11.9 Å². The number of aromatic nitrogens is 2. The van der Waals surface area contributed by atoms with E-state index in [4.69, 9.17) is 0 Å². The van der Waals surface area contributed by atoms with Gasteiger partial charge in [0.15, 0.2) is 11.6 Å². The first-order valence-corrected chi connectivity index (χ1v) is 13.9. The maximum absolute atomic E-state index is 13.4. The molecule has 0 saturated heterocycles. The zero-order valence-electron chi connectivity index (χ0n) is 20.7. The van der Waals surface area contributed by atoms with E-state index in [1.165, 1.54) is 23.8 Å². The van der Waals surface area contributed by atoms with Gasteiger partial charge >= 0.3 is 0 Å². The van der Waals surface area contributed by atoms with Crippen LogP contribution in [0.5, 0.6) is 5.75 Å². The zero-order chi connectivity index (χ0) is 25.0. The molecule has 2 aromatic rings. The Balaban J connectivity index is 2.01. The van der Waals surface area contributed by atoms with Crippen molar-refractivity contribution >= 4 is 40.1 Å². The average molecular weight is 506 g/mol. The number of amidine groups is 1. The van der Waals surface area contributed by atoms with Gasteiger partial charge in [-0.2, -0.15) is 9.50 Å². The Morgan fingerprint density at radius 3 is 2.41 bits per heavy atom. The van der Waals surface area contributed by atoms with Gasteiger partial charge in [-0.25, -0.2) is 8.89 Å². The summed E-state index contributed by atoms with van der Waals surface area (Å²) in [5.41, 5.74) is 1.01. The van der Waals surface area contributed by atoms with Crippen LogP contribution in [0.2, 0.25) is 0 Å². The molecule has 34 heavy (non-hydrogen) atoms. The summed E-state index contributed by atoms with van der Waals surface area (Å²) in [5.74, 6) is 0.195. The standard InChI is InChI=1S/C24H35N5O3S2/c1-15(2)13-14-29-23(31)19(20(30)21(26-29)24(3,4)5)22(28-34(6)32)25-16-7-9-17(10-8-16)27-33-18-11-12-18/h7-10,15,18,27,30H,11-14H2,1-6H3,(H,25,28). The predicted octanol–water partition coefficient (Wildman–Crippen LogP) is 4.67. The maximum atomic E-state index is 13.4. The van der Waals surface area contributed by atoms with Gasteiger partial charge in [-0.1, -0.05) is 34.6 Å². The molecule has 186 valence electrons. The molecular weight excluding hydrogens is 470 g/mol. The van der Waals surface area contributed by atoms with Gasteiger partial charge in [0.2, 0.25) is 0 Å². The topological polar surface area (TPSA) is 109 Å². The van der Waals surface area contributed by atoms with Crippen LogP contribution in [0.4, 0.5) is 11.4 Å². The highest BCUT2D eigenvalue weighted by atomic mass is 32.2. The number of hydrogen-bond acceptors (Lipinski definition) is 6. The number of rotatable bonds is 9. The van der Waals surface area contributed by atoms with Crippen molar-refractivity contribution in [2.75, 3.05) is 16.3 Å². The molecule has 1 fully saturated rings. The second-order valence-electron chi connectivity index (χ2n) is 10.0. The molecule has 1 unspecified atom stereocenters. The molecule has 0 bridgehead atoms. The van der Waals surface area contributed by atoms with Gasteiger partial charge in [0.1, 0.15) is 22.2 Å². The van der Waals surface area contributed by atoms with Crippen LogP contribution in [-0.4, -0.2) is 36.4 Å². The minimum absolute atomic E-state index is 0.0228. The quantitative estimate of drug-likeness (QED) is 0.258. The minimum atomic E-state index is -1.61. The lowest BCUT2D eigenvalue weighted by atomic mass is 9.90. The van der Waals surface area contributed by atoms with E-state index < -0.39 is 22.0 Å². The number of aryl methyl sites for hydroxylation is 1. The smallest absolute Gasteiger partial charge is 0.281 e. The van der Waals surface area contributed by atoms with Crippen molar-refractivity contribution in [1.29, 1.82) is 0 Å². The van der Waals surface area contributed by atoms with Gasteiger partial charge < -0.3 is 15.1 Å². The van der Waals surface area contributed by atoms with Crippen LogP contribution in [0.3, 0.4) is 0 Å². The highest BCUT2D eigenvalue weighted by Gasteiger charge is 2.29. The molecule has 1 heterocycles. The average Bonchev–Trinajstić information content (AvgIpc) is 3.55. The van der Waals surface area contributed by atoms with E-state index in [0.29, 0.717) is 29.1 Å². The van der Waals surface area contributed by atoms with Gasteiger partial charge in [-0.3, -0.25) is 4.79 Å². The lowest BCUT2D eigenvalue weighted by Crippen LogP contribution is -2.35. The number of hydrogen-bond donors (Lipinski definition) is 3. The third-order valence-electron chi connectivity index (χ3n) is 5.23. The second-order valence-corrected chi connectivity index (χ2v) is 12.2. The number of aromatic hydroxyl groups is 1. The Kier molecular flexibility index (Phi) is 8.46. The van der Waals surface area contributed by atoms with Gasteiger partial charge in [-0.15, -0.1) is 0 Å². The van der Waals surface area contributed by atoms with Crippen LogP contribution in [0.1, 0.15) is 65.1 Å². The van der Waals surface area contributed by atoms with Crippen LogP contribution in [0.15, 0.2) is 33.5 Å². The van der Waals surface area contributed by atoms with Crippen LogP contribution in [-0.2, 0) is 22.9 Å². The van der Waals surface area contributed by atoms with E-state index >= 15 is 0 Å². The molecule has 1 aromatic carbocycles. The Labute approximate surface area is 208 Å². The predicted molar refractivity (Wildman–Crippen MR) is 143 cm³/mol. The van der Waals surface area contributed by atoms with Crippen molar-refractivity contribution in [2.45, 2.75) is 71.1 Å². The number of nitrogens with one attached hydrogen (secondary N) is 2. The molecule has 1 atom stereocenters. The molecule has 1 aliphatic rings. The van der Waals surface area contributed by atoms with Crippen molar-refractivity contribution in [2.24, 2.45) is 10.3 Å². The molecule has 0 radical (unpaired) electrons. The van der Waals surface area contributed by atoms with Gasteiger partial charge in [0, 0.05) is 34.8 Å². The summed E-state index contributed by atoms with van der Waals surface area (Å²) in [7, 11) is -1.61. The number of anilines is 2. The molecule has 1 aromatic heterocycles. The van der Waals surface area contributed by atoms with Crippen molar-refractivity contribution in [3.8, 4) is 5.75 Å². The Morgan fingerprint density at radius 2 is 1.88 bits per heavy atom. The number of nitrogens with zero attached hydrogens (tertiary/aromatic N) is 3. The summed E-state index contributed by atoms with van der Waals surface area (Å²) in [4.78, 5) is 13.4. The molecule has 3 N–H and O–H groups in total. The lowest BCUT2D eigenvalue weighted by molar-refractivity contribution is 0.401. The Morgan fingerprint density at radius 1 is 1.26 bits per heavy atom. The molecule has 0 aliphatic heterocycles. The van der Waals surface area contributed by atoms with E-state index in [0.717, 1.165) is 12.1 Å². The van der Waals surface area contributed by atoms with Crippen molar-refractivity contribution in [3.05, 3.63) is 45.9 Å². The van der Waals surface area contributed by atoms with Crippen LogP contribution in [0, 0.1) is 5.92 Å². The first-order chi connectivity index (χ1) is 16.0. The first-order valence-electron chi connectivity index (χ1n) is 11.5. The summed E-state index contributed by atoms with van der Waals surface area (Å²) >= 11 is 1.72. The maximum Gasteiger partial charge on any atom is 0.281 e. The molecule has 8 nitrogen and oxygen atoms in total. The fraction of sp³-hybridized carbons (Fsp3) is 0.542. The highest BCUT2D eigenvalue weighted by molar-refractivity contribution is 8.01. The Hall–Kier alpha value is -2.33. The van der Waals surface area contributed by atoms with Gasteiger partial charge in [0.25, 0.3) is 5.56 Å². The summed E-state index contributed by atoms with van der Waals surface area (Å²) in [6.45, 7) is 10.3. The molecule has 10 heteroatoms. The Bertz CT molecular complexity index is 1120. The van der Waals surface area contributed by atoms with E-state index in [2.05, 4.69) is 33.4 Å². The normalized spacial score (nSPS) is 15.4. The highest BCUT2D eigenvalue weighted by Crippen LogP contribution is 2.34. The van der Waals surface area contributed by atoms with E-state index in [1.807, 2.05) is 45.0 Å². The fourth-order valence-corrected chi connectivity index (χ4v) is 4.37. The summed E-state index contributed by atoms with van der Waals surface area (Å²) in [5, 5.41) is 19.4. The monoisotopic (exact) mass is 505 g/mol. The molecule has 1 saturated carbocycles. The van der Waals surface area contributed by atoms with Crippen molar-refractivity contribution in [1.82, 2.24) is 9.78 Å². The lowest BCUT2D eigenvalue weighted by Gasteiger charge is -2.23. The zero-order valence-corrected chi connectivity index (χ0v) is 22.3. The summed E-state index contributed by atoms with van der Waals surface area (Å²) in [6.07, 6.45) is 4.66. The van der Waals surface area contributed by atoms with E-state index in [9.17, 15) is 14.1 Å². The molecule has 0 amide bonds. The van der Waals surface area contributed by atoms with Crippen LogP contribution < -0.4 is 15.6 Å². The second kappa shape index (κ2) is 10.9. The van der Waals surface area contributed by atoms with E-state index in [-0.39, 0.29) is 17.1 Å². The third kappa shape index (κ3) is 7.09. The largest absolute Gasteiger partial charge is 0.505 e. The summed E-state index contributed by atoms with van der Waals surface area (Å²) < 4.78 is 21.0. The van der Waals surface area contributed by atoms with Crippen molar-refractivity contribution in [3.63, 3.8) is 0 Å². The minimum Gasteiger partial charge on any atom is -0.505 e. The number of benzene rings is 1. The van der Waals surface area contributed by atoms with Gasteiger partial charge in [0.05, 0.1) is 0 Å². The molecular formula is C24H35N5O3S2. The molecule has 0 spiro atoms. The summed E-state index contributed by atoms with van der Waals surface area (Å²) in [6, 6.07) is 7.55. The van der Waals surface area contributed by atoms with Crippen molar-refractivity contribution < 1.29 is 9.32 Å². The van der Waals surface area contributed by atoms with Crippen LogP contribution >= 0.6 is 11.9 Å². The molecule has 3 rings (SSSR count). The SMILES string of the molecule is CC(C)CCn1nc(C(C)(C)C)c(O)c(/C(=N/S(C)=O)Nc2ccc(NSC3CC3)cc2)c1=O.